The first-order valence-electron chi connectivity index (χ1n) is 9.83. The number of nitrogens with one attached hydrogen (secondary N) is 1. The number of halogens is 2. The van der Waals surface area contributed by atoms with E-state index in [2.05, 4.69) is 15.1 Å². The highest BCUT2D eigenvalue weighted by atomic mass is 35.5. The van der Waals surface area contributed by atoms with Crippen LogP contribution in [-0.4, -0.2) is 48.1 Å². The number of methoxy groups -OCH3 is 1. The lowest BCUT2D eigenvalue weighted by Crippen LogP contribution is -2.55. The van der Waals surface area contributed by atoms with Crippen LogP contribution in [-0.2, 0) is 17.9 Å². The molecule has 1 amide bonds. The molecule has 29 heavy (non-hydrogen) atoms. The van der Waals surface area contributed by atoms with Crippen LogP contribution in [0.1, 0.15) is 24.0 Å². The van der Waals surface area contributed by atoms with Gasteiger partial charge in [0.1, 0.15) is 5.54 Å². The maximum absolute atomic E-state index is 13.6. The minimum Gasteiger partial charge on any atom is -0.494 e. The third-order valence-corrected chi connectivity index (χ3v) is 6.30. The molecule has 2 aliphatic rings. The zero-order valence-corrected chi connectivity index (χ0v) is 17.2. The zero-order valence-electron chi connectivity index (χ0n) is 16.5. The number of amides is 1. The molecule has 1 spiro atoms. The Morgan fingerprint density at radius 3 is 2.48 bits per heavy atom. The number of carbonyl (C=O) groups is 1. The van der Waals surface area contributed by atoms with Crippen molar-refractivity contribution in [1.29, 1.82) is 0 Å². The SMILES string of the molecule is COc1cc(CN2CCC3(CC2)C(=O)NCN3Cc2ccc(Cl)cc2)ccc1F. The van der Waals surface area contributed by atoms with Crippen molar-refractivity contribution in [3.05, 3.63) is 64.4 Å². The van der Waals surface area contributed by atoms with Crippen LogP contribution >= 0.6 is 11.6 Å². The average Bonchev–Trinajstić information content (AvgIpc) is 3.02. The van der Waals surface area contributed by atoms with Gasteiger partial charge in [0, 0.05) is 31.2 Å². The molecular formula is C22H25ClFN3O2. The van der Waals surface area contributed by atoms with E-state index >= 15 is 0 Å². The van der Waals surface area contributed by atoms with Gasteiger partial charge in [0.25, 0.3) is 0 Å². The van der Waals surface area contributed by atoms with Gasteiger partial charge in [-0.25, -0.2) is 4.39 Å². The molecule has 2 saturated heterocycles. The second-order valence-corrected chi connectivity index (χ2v) is 8.20. The monoisotopic (exact) mass is 417 g/mol. The molecule has 0 unspecified atom stereocenters. The van der Waals surface area contributed by atoms with E-state index in [0.29, 0.717) is 24.8 Å². The largest absolute Gasteiger partial charge is 0.494 e. The second-order valence-electron chi connectivity index (χ2n) is 7.77. The van der Waals surface area contributed by atoms with E-state index in [9.17, 15) is 9.18 Å². The van der Waals surface area contributed by atoms with Crippen molar-refractivity contribution >= 4 is 17.5 Å². The van der Waals surface area contributed by atoms with E-state index in [1.54, 1.807) is 12.1 Å². The summed E-state index contributed by atoms with van der Waals surface area (Å²) in [6.07, 6.45) is 1.54. The summed E-state index contributed by atoms with van der Waals surface area (Å²) in [5, 5.41) is 3.74. The Hall–Kier alpha value is -2.15. The van der Waals surface area contributed by atoms with Gasteiger partial charge in [-0.3, -0.25) is 14.6 Å². The van der Waals surface area contributed by atoms with Gasteiger partial charge in [-0.05, 0) is 48.2 Å². The summed E-state index contributed by atoms with van der Waals surface area (Å²) in [7, 11) is 1.47. The topological polar surface area (TPSA) is 44.8 Å². The Morgan fingerprint density at radius 2 is 1.79 bits per heavy atom. The van der Waals surface area contributed by atoms with Crippen LogP contribution in [0.2, 0.25) is 5.02 Å². The number of hydrogen-bond donors (Lipinski definition) is 1. The van der Waals surface area contributed by atoms with Gasteiger partial charge < -0.3 is 10.1 Å². The maximum Gasteiger partial charge on any atom is 0.241 e. The molecule has 2 aromatic carbocycles. The van der Waals surface area contributed by atoms with E-state index in [4.69, 9.17) is 16.3 Å². The normalized spacial score (nSPS) is 19.5. The molecule has 0 aromatic heterocycles. The number of rotatable bonds is 5. The highest BCUT2D eigenvalue weighted by Crippen LogP contribution is 2.34. The van der Waals surface area contributed by atoms with Gasteiger partial charge in [-0.15, -0.1) is 0 Å². The number of likely N-dealkylation sites (tertiary alicyclic amines) is 1. The van der Waals surface area contributed by atoms with Crippen LogP contribution in [0.25, 0.3) is 0 Å². The predicted octanol–water partition coefficient (Wildman–Crippen LogP) is 3.41. The quantitative estimate of drug-likeness (QED) is 0.809. The van der Waals surface area contributed by atoms with E-state index in [1.807, 2.05) is 24.3 Å². The molecule has 7 heteroatoms. The van der Waals surface area contributed by atoms with Gasteiger partial charge in [-0.1, -0.05) is 29.8 Å². The molecule has 0 bridgehead atoms. The molecular weight excluding hydrogens is 393 g/mol. The Balaban J connectivity index is 1.42. The fourth-order valence-corrected chi connectivity index (χ4v) is 4.46. The predicted molar refractivity (Wildman–Crippen MR) is 110 cm³/mol. The highest BCUT2D eigenvalue weighted by Gasteiger charge is 2.49. The Kier molecular flexibility index (Phi) is 5.76. The van der Waals surface area contributed by atoms with Crippen LogP contribution in [0, 0.1) is 5.82 Å². The Bertz CT molecular complexity index is 882. The molecule has 4 rings (SSSR count). The van der Waals surface area contributed by atoms with Crippen molar-refractivity contribution in [3.63, 3.8) is 0 Å². The first-order valence-corrected chi connectivity index (χ1v) is 10.2. The number of carbonyl (C=O) groups excluding carboxylic acids is 1. The van der Waals surface area contributed by atoms with Gasteiger partial charge >= 0.3 is 0 Å². The number of hydrogen-bond acceptors (Lipinski definition) is 4. The molecule has 2 heterocycles. The number of ether oxygens (including phenoxy) is 1. The zero-order chi connectivity index (χ0) is 20.4. The Labute approximate surface area is 175 Å². The van der Waals surface area contributed by atoms with Gasteiger partial charge in [-0.2, -0.15) is 0 Å². The molecule has 2 aromatic rings. The van der Waals surface area contributed by atoms with Crippen LogP contribution in [0.4, 0.5) is 4.39 Å². The summed E-state index contributed by atoms with van der Waals surface area (Å²) < 4.78 is 18.7. The van der Waals surface area contributed by atoms with Crippen molar-refractivity contribution in [2.24, 2.45) is 0 Å². The van der Waals surface area contributed by atoms with Crippen LogP contribution < -0.4 is 10.1 Å². The summed E-state index contributed by atoms with van der Waals surface area (Å²) in [5.74, 6) is 0.0316. The minimum atomic E-state index is -0.462. The molecule has 5 nitrogen and oxygen atoms in total. The fraction of sp³-hybridized carbons (Fsp3) is 0.409. The molecule has 0 aliphatic carbocycles. The third kappa shape index (κ3) is 4.10. The maximum atomic E-state index is 13.6. The lowest BCUT2D eigenvalue weighted by atomic mass is 9.85. The van der Waals surface area contributed by atoms with Crippen molar-refractivity contribution in [3.8, 4) is 5.75 Å². The van der Waals surface area contributed by atoms with Gasteiger partial charge in [0.05, 0.1) is 13.8 Å². The number of benzene rings is 2. The molecule has 0 saturated carbocycles. The standard InChI is InChI=1S/C22H25ClFN3O2/c1-29-20-12-17(4-7-19(20)24)13-26-10-8-22(9-11-26)21(28)25-15-27(22)14-16-2-5-18(23)6-3-16/h2-7,12H,8-11,13-15H2,1H3,(H,25,28). The van der Waals surface area contributed by atoms with Crippen LogP contribution in [0.5, 0.6) is 5.75 Å². The lowest BCUT2D eigenvalue weighted by molar-refractivity contribution is -0.129. The summed E-state index contributed by atoms with van der Waals surface area (Å²) >= 11 is 5.99. The molecule has 0 atom stereocenters. The van der Waals surface area contributed by atoms with Gasteiger partial charge in [0.2, 0.25) is 5.91 Å². The summed E-state index contributed by atoms with van der Waals surface area (Å²) in [6, 6.07) is 12.8. The molecule has 2 aliphatic heterocycles. The Morgan fingerprint density at radius 1 is 1.10 bits per heavy atom. The van der Waals surface area contributed by atoms with Crippen molar-refractivity contribution < 1.29 is 13.9 Å². The highest BCUT2D eigenvalue weighted by molar-refractivity contribution is 6.30. The smallest absolute Gasteiger partial charge is 0.241 e. The molecule has 154 valence electrons. The number of nitrogens with zero attached hydrogens (tertiary/aromatic N) is 2. The third-order valence-electron chi connectivity index (χ3n) is 6.05. The summed E-state index contributed by atoms with van der Waals surface area (Å²) in [6.45, 7) is 3.61. The summed E-state index contributed by atoms with van der Waals surface area (Å²) in [5.41, 5.74) is 1.69. The fourth-order valence-electron chi connectivity index (χ4n) is 4.33. The minimum absolute atomic E-state index is 0.120. The number of piperidine rings is 1. The van der Waals surface area contributed by atoms with E-state index in [-0.39, 0.29) is 17.5 Å². The van der Waals surface area contributed by atoms with Crippen molar-refractivity contribution in [1.82, 2.24) is 15.1 Å². The van der Waals surface area contributed by atoms with Crippen LogP contribution in [0.3, 0.4) is 0 Å². The molecule has 1 N–H and O–H groups in total. The van der Waals surface area contributed by atoms with E-state index < -0.39 is 5.54 Å². The lowest BCUT2D eigenvalue weighted by Gasteiger charge is -2.42. The first kappa shape index (κ1) is 20.1. The van der Waals surface area contributed by atoms with Gasteiger partial charge in [0.15, 0.2) is 11.6 Å². The van der Waals surface area contributed by atoms with Crippen molar-refractivity contribution in [2.45, 2.75) is 31.5 Å². The first-order chi connectivity index (χ1) is 14.0. The summed E-state index contributed by atoms with van der Waals surface area (Å²) in [4.78, 5) is 17.3. The second kappa shape index (κ2) is 8.30. The molecule has 2 fully saturated rings. The van der Waals surface area contributed by atoms with Crippen molar-refractivity contribution in [2.75, 3.05) is 26.9 Å². The molecule has 0 radical (unpaired) electrons. The van der Waals surface area contributed by atoms with E-state index in [1.165, 1.54) is 13.2 Å². The average molecular weight is 418 g/mol. The van der Waals surface area contributed by atoms with E-state index in [0.717, 1.165) is 37.1 Å². The van der Waals surface area contributed by atoms with Crippen LogP contribution in [0.15, 0.2) is 42.5 Å².